The molecule has 0 aromatic heterocycles. The van der Waals surface area contributed by atoms with Crippen LogP contribution in [0.2, 0.25) is 0 Å². The van der Waals surface area contributed by atoms with E-state index in [4.69, 9.17) is 16.3 Å². The SMILES string of the molecule is COc1ccc(CN(C)C(=O)[C@H](C)Cl)cc1F. The molecule has 3 nitrogen and oxygen atoms in total. The Morgan fingerprint density at radius 2 is 2.24 bits per heavy atom. The molecule has 0 radical (unpaired) electrons. The summed E-state index contributed by atoms with van der Waals surface area (Å²) in [6.07, 6.45) is 0. The van der Waals surface area contributed by atoms with Crippen LogP contribution in [0.1, 0.15) is 12.5 Å². The van der Waals surface area contributed by atoms with Crippen molar-refractivity contribution in [2.45, 2.75) is 18.8 Å². The third kappa shape index (κ3) is 3.60. The van der Waals surface area contributed by atoms with Gasteiger partial charge in [0, 0.05) is 13.6 Å². The lowest BCUT2D eigenvalue weighted by Gasteiger charge is -2.18. The van der Waals surface area contributed by atoms with Crippen LogP contribution in [0.3, 0.4) is 0 Å². The summed E-state index contributed by atoms with van der Waals surface area (Å²) in [5.74, 6) is -0.443. The van der Waals surface area contributed by atoms with E-state index in [-0.39, 0.29) is 11.7 Å². The Kier molecular flexibility index (Phi) is 4.75. The number of hydrogen-bond donors (Lipinski definition) is 0. The maximum absolute atomic E-state index is 13.4. The summed E-state index contributed by atoms with van der Waals surface area (Å²) in [7, 11) is 3.03. The summed E-state index contributed by atoms with van der Waals surface area (Å²) < 4.78 is 18.2. The normalized spacial score (nSPS) is 12.1. The zero-order chi connectivity index (χ0) is 13.0. The Hall–Kier alpha value is -1.29. The van der Waals surface area contributed by atoms with Gasteiger partial charge < -0.3 is 9.64 Å². The van der Waals surface area contributed by atoms with Crippen LogP contribution in [0.5, 0.6) is 5.75 Å². The minimum atomic E-state index is -0.580. The fourth-order valence-electron chi connectivity index (χ4n) is 1.46. The standard InChI is InChI=1S/C12H15ClFNO2/c1-8(13)12(16)15(2)7-9-4-5-11(17-3)10(14)6-9/h4-6,8H,7H2,1-3H3/t8-/m0/s1. The van der Waals surface area contributed by atoms with Crippen molar-refractivity contribution in [2.24, 2.45) is 0 Å². The first kappa shape index (κ1) is 13.8. The van der Waals surface area contributed by atoms with Crippen molar-refractivity contribution in [1.29, 1.82) is 0 Å². The molecule has 1 aromatic rings. The Balaban J connectivity index is 2.75. The lowest BCUT2D eigenvalue weighted by molar-refractivity contribution is -0.129. The van der Waals surface area contributed by atoms with Crippen molar-refractivity contribution >= 4 is 17.5 Å². The summed E-state index contributed by atoms with van der Waals surface area (Å²) in [5.41, 5.74) is 0.691. The lowest BCUT2D eigenvalue weighted by atomic mass is 10.2. The maximum atomic E-state index is 13.4. The smallest absolute Gasteiger partial charge is 0.240 e. The Morgan fingerprint density at radius 1 is 1.59 bits per heavy atom. The van der Waals surface area contributed by atoms with E-state index in [1.807, 2.05) is 0 Å². The monoisotopic (exact) mass is 259 g/mol. The van der Waals surface area contributed by atoms with Crippen LogP contribution in [0.15, 0.2) is 18.2 Å². The van der Waals surface area contributed by atoms with E-state index in [1.165, 1.54) is 24.1 Å². The molecule has 0 saturated carbocycles. The molecular weight excluding hydrogens is 245 g/mol. The number of amides is 1. The molecule has 0 spiro atoms. The van der Waals surface area contributed by atoms with Crippen molar-refractivity contribution in [3.8, 4) is 5.75 Å². The van der Waals surface area contributed by atoms with E-state index in [9.17, 15) is 9.18 Å². The van der Waals surface area contributed by atoms with Gasteiger partial charge in [-0.05, 0) is 24.6 Å². The van der Waals surface area contributed by atoms with Gasteiger partial charge in [-0.25, -0.2) is 4.39 Å². The van der Waals surface area contributed by atoms with Gasteiger partial charge in [-0.1, -0.05) is 6.07 Å². The van der Waals surface area contributed by atoms with E-state index in [0.717, 1.165) is 0 Å². The van der Waals surface area contributed by atoms with Gasteiger partial charge >= 0.3 is 0 Å². The number of carbonyl (C=O) groups is 1. The zero-order valence-electron chi connectivity index (χ0n) is 10.0. The van der Waals surface area contributed by atoms with E-state index < -0.39 is 11.2 Å². The molecule has 94 valence electrons. The minimum absolute atomic E-state index is 0.188. The number of hydrogen-bond acceptors (Lipinski definition) is 2. The first-order valence-electron chi connectivity index (χ1n) is 5.17. The second kappa shape index (κ2) is 5.87. The van der Waals surface area contributed by atoms with Gasteiger partial charge in [-0.2, -0.15) is 0 Å². The summed E-state index contributed by atoms with van der Waals surface area (Å²) in [4.78, 5) is 13.0. The molecule has 1 amide bonds. The molecule has 0 saturated heterocycles. The highest BCUT2D eigenvalue weighted by Crippen LogP contribution is 2.18. The Labute approximate surface area is 105 Å². The van der Waals surface area contributed by atoms with Crippen LogP contribution in [-0.4, -0.2) is 30.3 Å². The van der Waals surface area contributed by atoms with Crippen molar-refractivity contribution in [2.75, 3.05) is 14.2 Å². The molecule has 0 bridgehead atoms. The maximum Gasteiger partial charge on any atom is 0.240 e. The number of rotatable bonds is 4. The number of carbonyl (C=O) groups excluding carboxylic acids is 1. The van der Waals surface area contributed by atoms with Crippen molar-refractivity contribution in [3.63, 3.8) is 0 Å². The van der Waals surface area contributed by atoms with E-state index in [2.05, 4.69) is 0 Å². The van der Waals surface area contributed by atoms with Gasteiger partial charge in [0.1, 0.15) is 5.38 Å². The van der Waals surface area contributed by atoms with Crippen molar-refractivity contribution in [3.05, 3.63) is 29.6 Å². The second-order valence-electron chi connectivity index (χ2n) is 3.78. The van der Waals surface area contributed by atoms with E-state index in [1.54, 1.807) is 20.0 Å². The number of nitrogens with zero attached hydrogens (tertiary/aromatic N) is 1. The zero-order valence-corrected chi connectivity index (χ0v) is 10.8. The highest BCUT2D eigenvalue weighted by Gasteiger charge is 2.15. The predicted octanol–water partition coefficient (Wildman–Crippen LogP) is 2.42. The molecule has 0 aliphatic heterocycles. The molecule has 0 fully saturated rings. The van der Waals surface area contributed by atoms with Gasteiger partial charge in [0.2, 0.25) is 5.91 Å². The van der Waals surface area contributed by atoms with Gasteiger partial charge in [0.05, 0.1) is 7.11 Å². The Bertz CT molecular complexity index is 409. The van der Waals surface area contributed by atoms with Gasteiger partial charge in [-0.3, -0.25) is 4.79 Å². The molecule has 0 N–H and O–H groups in total. The third-order valence-corrected chi connectivity index (χ3v) is 2.54. The molecule has 0 heterocycles. The molecular formula is C12H15ClFNO2. The van der Waals surface area contributed by atoms with Crippen molar-refractivity contribution < 1.29 is 13.9 Å². The number of halogens is 2. The first-order valence-corrected chi connectivity index (χ1v) is 5.60. The highest BCUT2D eigenvalue weighted by atomic mass is 35.5. The molecule has 1 aromatic carbocycles. The summed E-state index contributed by atoms with van der Waals surface area (Å²) in [6.45, 7) is 1.92. The molecule has 1 atom stereocenters. The first-order chi connectivity index (χ1) is 7.95. The summed E-state index contributed by atoms with van der Waals surface area (Å²) >= 11 is 5.68. The van der Waals surface area contributed by atoms with E-state index >= 15 is 0 Å². The van der Waals surface area contributed by atoms with Gasteiger partial charge in [-0.15, -0.1) is 11.6 Å². The fraction of sp³-hybridized carbons (Fsp3) is 0.417. The largest absolute Gasteiger partial charge is 0.494 e. The van der Waals surface area contributed by atoms with Crippen LogP contribution in [0, 0.1) is 5.82 Å². The average Bonchev–Trinajstić information content (AvgIpc) is 2.28. The average molecular weight is 260 g/mol. The lowest BCUT2D eigenvalue weighted by Crippen LogP contribution is -2.31. The van der Waals surface area contributed by atoms with Crippen molar-refractivity contribution in [1.82, 2.24) is 4.90 Å². The number of methoxy groups -OCH3 is 1. The van der Waals surface area contributed by atoms with Gasteiger partial charge in [0.15, 0.2) is 11.6 Å². The van der Waals surface area contributed by atoms with Crippen LogP contribution in [-0.2, 0) is 11.3 Å². The summed E-state index contributed by atoms with van der Waals surface area (Å²) in [5, 5.41) is -0.580. The molecule has 0 aliphatic rings. The van der Waals surface area contributed by atoms with Gasteiger partial charge in [0.25, 0.3) is 0 Å². The number of benzene rings is 1. The molecule has 0 unspecified atom stereocenters. The van der Waals surface area contributed by atoms with Crippen LogP contribution < -0.4 is 4.74 Å². The highest BCUT2D eigenvalue weighted by molar-refractivity contribution is 6.30. The predicted molar refractivity (Wildman–Crippen MR) is 64.7 cm³/mol. The third-order valence-electron chi connectivity index (χ3n) is 2.35. The fourth-order valence-corrected chi connectivity index (χ4v) is 1.63. The quantitative estimate of drug-likeness (QED) is 0.778. The van der Waals surface area contributed by atoms with E-state index in [0.29, 0.717) is 12.1 Å². The number of alkyl halides is 1. The van der Waals surface area contributed by atoms with Crippen LogP contribution in [0.4, 0.5) is 4.39 Å². The molecule has 5 heteroatoms. The number of ether oxygens (including phenoxy) is 1. The Morgan fingerprint density at radius 3 is 2.71 bits per heavy atom. The topological polar surface area (TPSA) is 29.5 Å². The van der Waals surface area contributed by atoms with Crippen LogP contribution >= 0.6 is 11.6 Å². The van der Waals surface area contributed by atoms with Crippen LogP contribution in [0.25, 0.3) is 0 Å². The summed E-state index contributed by atoms with van der Waals surface area (Å²) in [6, 6.07) is 4.60. The molecule has 17 heavy (non-hydrogen) atoms. The molecule has 1 rings (SSSR count). The minimum Gasteiger partial charge on any atom is -0.494 e. The molecule has 0 aliphatic carbocycles. The second-order valence-corrected chi connectivity index (χ2v) is 4.43.